The van der Waals surface area contributed by atoms with Crippen LogP contribution >= 0.6 is 0 Å². The Hall–Kier alpha value is -1.96. The molecule has 1 aromatic carbocycles. The molecule has 102 valence electrons. The van der Waals surface area contributed by atoms with Crippen molar-refractivity contribution in [2.45, 2.75) is 20.3 Å². The van der Waals surface area contributed by atoms with Crippen LogP contribution in [-0.2, 0) is 11.2 Å². The van der Waals surface area contributed by atoms with Crippen molar-refractivity contribution in [3.63, 3.8) is 0 Å². The van der Waals surface area contributed by atoms with Gasteiger partial charge in [-0.25, -0.2) is 8.78 Å². The summed E-state index contributed by atoms with van der Waals surface area (Å²) in [6.07, 6.45) is 0.186. The van der Waals surface area contributed by atoms with Gasteiger partial charge in [-0.1, -0.05) is 13.8 Å². The topological polar surface area (TPSA) is 52.9 Å². The molecule has 1 atom stereocenters. The lowest BCUT2D eigenvalue weighted by Gasteiger charge is -2.13. The highest BCUT2D eigenvalue weighted by molar-refractivity contribution is 5.81. The van der Waals surface area contributed by atoms with Crippen LogP contribution in [0.1, 0.15) is 19.4 Å². The van der Waals surface area contributed by atoms with Crippen LogP contribution in [0.3, 0.4) is 0 Å². The summed E-state index contributed by atoms with van der Waals surface area (Å²) in [4.78, 5) is 11.7. The van der Waals surface area contributed by atoms with Gasteiger partial charge in [-0.05, 0) is 36.1 Å². The smallest absolute Gasteiger partial charge is 0.237 e. The third kappa shape index (κ3) is 4.32. The van der Waals surface area contributed by atoms with Crippen LogP contribution in [0.15, 0.2) is 18.2 Å². The van der Waals surface area contributed by atoms with Crippen molar-refractivity contribution in [2.75, 3.05) is 6.54 Å². The summed E-state index contributed by atoms with van der Waals surface area (Å²) in [5.41, 5.74) is 0.207. The number of amides is 1. The predicted octanol–water partition coefficient (Wildman–Crippen LogP) is 2.42. The van der Waals surface area contributed by atoms with E-state index in [4.69, 9.17) is 5.26 Å². The number of hydrogen-bond donors (Lipinski definition) is 1. The van der Waals surface area contributed by atoms with E-state index in [9.17, 15) is 13.6 Å². The average molecular weight is 266 g/mol. The number of rotatable bonds is 5. The highest BCUT2D eigenvalue weighted by Gasteiger charge is 2.21. The van der Waals surface area contributed by atoms with Crippen LogP contribution in [0.2, 0.25) is 0 Å². The molecule has 1 rings (SSSR count). The van der Waals surface area contributed by atoms with Crippen LogP contribution < -0.4 is 5.32 Å². The minimum absolute atomic E-state index is 0.0871. The first-order valence-corrected chi connectivity index (χ1v) is 6.07. The molecule has 5 heteroatoms. The van der Waals surface area contributed by atoms with Gasteiger partial charge in [-0.15, -0.1) is 0 Å². The van der Waals surface area contributed by atoms with E-state index < -0.39 is 17.6 Å². The van der Waals surface area contributed by atoms with Crippen molar-refractivity contribution in [1.82, 2.24) is 5.32 Å². The monoisotopic (exact) mass is 266 g/mol. The van der Waals surface area contributed by atoms with Gasteiger partial charge >= 0.3 is 0 Å². The molecule has 0 radical (unpaired) electrons. The molecule has 0 saturated heterocycles. The Morgan fingerprint density at radius 1 is 1.42 bits per heavy atom. The molecule has 0 fully saturated rings. The molecule has 0 aliphatic rings. The molecule has 0 bridgehead atoms. The third-order valence-electron chi connectivity index (χ3n) is 2.79. The fraction of sp³-hybridized carbons (Fsp3) is 0.429. The van der Waals surface area contributed by atoms with Crippen molar-refractivity contribution in [1.29, 1.82) is 5.26 Å². The molecule has 3 nitrogen and oxygen atoms in total. The van der Waals surface area contributed by atoms with Crippen LogP contribution in [0, 0.1) is 34.8 Å². The third-order valence-corrected chi connectivity index (χ3v) is 2.79. The number of hydrogen-bond acceptors (Lipinski definition) is 2. The molecule has 0 spiro atoms. The second kappa shape index (κ2) is 6.83. The molecule has 1 aromatic rings. The summed E-state index contributed by atoms with van der Waals surface area (Å²) in [6.45, 7) is 3.73. The second-order valence-electron chi connectivity index (χ2n) is 4.63. The highest BCUT2D eigenvalue weighted by atomic mass is 19.1. The van der Waals surface area contributed by atoms with E-state index in [1.807, 2.05) is 6.07 Å². The normalized spacial score (nSPS) is 12.0. The van der Waals surface area contributed by atoms with Gasteiger partial charge in [0.1, 0.15) is 17.6 Å². The fourth-order valence-corrected chi connectivity index (χ4v) is 1.68. The van der Waals surface area contributed by atoms with Gasteiger partial charge in [0.05, 0.1) is 6.07 Å². The lowest BCUT2D eigenvalue weighted by Crippen LogP contribution is -2.34. The van der Waals surface area contributed by atoms with Crippen LogP contribution in [0.5, 0.6) is 0 Å². The van der Waals surface area contributed by atoms with Crippen LogP contribution in [0.25, 0.3) is 0 Å². The zero-order chi connectivity index (χ0) is 14.4. The molecule has 19 heavy (non-hydrogen) atoms. The Morgan fingerprint density at radius 2 is 2.11 bits per heavy atom. The number of nitriles is 1. The lowest BCUT2D eigenvalue weighted by atomic mass is 9.96. The van der Waals surface area contributed by atoms with Crippen LogP contribution in [-0.4, -0.2) is 12.5 Å². The Morgan fingerprint density at radius 3 is 2.68 bits per heavy atom. The molecular formula is C14H16F2N2O. The van der Waals surface area contributed by atoms with Crippen molar-refractivity contribution in [2.24, 2.45) is 11.8 Å². The Bertz CT molecular complexity index is 495. The summed E-state index contributed by atoms with van der Waals surface area (Å²) >= 11 is 0. The van der Waals surface area contributed by atoms with E-state index in [1.54, 1.807) is 13.8 Å². The maximum Gasteiger partial charge on any atom is 0.237 e. The Kier molecular flexibility index (Phi) is 5.43. The molecular weight excluding hydrogens is 250 g/mol. The first-order valence-electron chi connectivity index (χ1n) is 6.07. The summed E-state index contributed by atoms with van der Waals surface area (Å²) in [7, 11) is 0. The SMILES string of the molecule is CC(C)C(C#N)C(=O)NCCc1cc(F)ccc1F. The highest BCUT2D eigenvalue weighted by Crippen LogP contribution is 2.11. The van der Waals surface area contributed by atoms with Gasteiger partial charge in [0.15, 0.2) is 0 Å². The van der Waals surface area contributed by atoms with E-state index in [-0.39, 0.29) is 30.4 Å². The standard InChI is InChI=1S/C14H16F2N2O/c1-9(2)12(8-17)14(19)18-6-5-10-7-11(15)3-4-13(10)16/h3-4,7,9,12H,5-6H2,1-2H3,(H,18,19). The Labute approximate surface area is 111 Å². The number of nitrogens with one attached hydrogen (secondary N) is 1. The van der Waals surface area contributed by atoms with Crippen molar-refractivity contribution in [3.05, 3.63) is 35.4 Å². The number of halogens is 2. The van der Waals surface area contributed by atoms with Gasteiger partial charge in [0.2, 0.25) is 5.91 Å². The minimum Gasteiger partial charge on any atom is -0.355 e. The molecule has 1 unspecified atom stereocenters. The van der Waals surface area contributed by atoms with Crippen molar-refractivity contribution >= 4 is 5.91 Å². The lowest BCUT2D eigenvalue weighted by molar-refractivity contribution is -0.124. The van der Waals surface area contributed by atoms with E-state index in [2.05, 4.69) is 5.32 Å². The molecule has 0 aliphatic carbocycles. The van der Waals surface area contributed by atoms with Crippen molar-refractivity contribution in [3.8, 4) is 6.07 Å². The van der Waals surface area contributed by atoms with E-state index >= 15 is 0 Å². The molecule has 0 aromatic heterocycles. The summed E-state index contributed by atoms with van der Waals surface area (Å²) < 4.78 is 26.2. The summed E-state index contributed by atoms with van der Waals surface area (Å²) in [5.74, 6) is -2.21. The maximum atomic E-state index is 13.3. The predicted molar refractivity (Wildman–Crippen MR) is 67.0 cm³/mol. The van der Waals surface area contributed by atoms with Crippen molar-refractivity contribution < 1.29 is 13.6 Å². The van der Waals surface area contributed by atoms with Crippen LogP contribution in [0.4, 0.5) is 8.78 Å². The quantitative estimate of drug-likeness (QED) is 0.889. The summed E-state index contributed by atoms with van der Waals surface area (Å²) in [6, 6.07) is 5.12. The second-order valence-corrected chi connectivity index (χ2v) is 4.63. The Balaban J connectivity index is 2.53. The fourth-order valence-electron chi connectivity index (χ4n) is 1.68. The zero-order valence-corrected chi connectivity index (χ0v) is 10.9. The largest absolute Gasteiger partial charge is 0.355 e. The number of benzene rings is 1. The zero-order valence-electron chi connectivity index (χ0n) is 10.9. The molecule has 0 heterocycles. The first kappa shape index (κ1) is 15.1. The molecule has 1 N–H and O–H groups in total. The number of carbonyl (C=O) groups is 1. The molecule has 1 amide bonds. The van der Waals surface area contributed by atoms with E-state index in [0.717, 1.165) is 18.2 Å². The summed E-state index contributed by atoms with van der Waals surface area (Å²) in [5, 5.41) is 11.4. The van der Waals surface area contributed by atoms with Gasteiger partial charge in [-0.2, -0.15) is 5.26 Å². The maximum absolute atomic E-state index is 13.3. The average Bonchev–Trinajstić information content (AvgIpc) is 2.34. The van der Waals surface area contributed by atoms with E-state index in [1.165, 1.54) is 0 Å². The molecule has 0 saturated carbocycles. The number of nitrogens with zero attached hydrogens (tertiary/aromatic N) is 1. The first-order chi connectivity index (χ1) is 8.95. The van der Waals surface area contributed by atoms with Gasteiger partial charge in [0, 0.05) is 6.54 Å². The minimum atomic E-state index is -0.725. The van der Waals surface area contributed by atoms with Gasteiger partial charge in [-0.3, -0.25) is 4.79 Å². The molecule has 0 aliphatic heterocycles. The van der Waals surface area contributed by atoms with Gasteiger partial charge in [0.25, 0.3) is 0 Å². The number of carbonyl (C=O) groups excluding carboxylic acids is 1. The van der Waals surface area contributed by atoms with E-state index in [0.29, 0.717) is 0 Å². The van der Waals surface area contributed by atoms with Gasteiger partial charge < -0.3 is 5.32 Å².